The van der Waals surface area contributed by atoms with Gasteiger partial charge in [-0.15, -0.1) is 0 Å². The zero-order valence-electron chi connectivity index (χ0n) is 13.8. The molecule has 0 aliphatic heterocycles. The van der Waals surface area contributed by atoms with E-state index in [0.717, 1.165) is 19.3 Å². The first-order valence-electron chi connectivity index (χ1n) is 8.37. The van der Waals surface area contributed by atoms with E-state index in [1.54, 1.807) is 18.3 Å². The normalized spacial score (nSPS) is 16.3. The number of nitrogens with zero attached hydrogens (tertiary/aromatic N) is 3. The van der Waals surface area contributed by atoms with Gasteiger partial charge in [0.15, 0.2) is 0 Å². The lowest BCUT2D eigenvalue weighted by atomic mass is 9.81. The van der Waals surface area contributed by atoms with Gasteiger partial charge in [-0.05, 0) is 25.0 Å². The maximum atomic E-state index is 12.2. The van der Waals surface area contributed by atoms with E-state index in [4.69, 9.17) is 4.52 Å². The minimum Gasteiger partial charge on any atom is -0.480 e. The summed E-state index contributed by atoms with van der Waals surface area (Å²) in [7, 11) is 0. The zero-order valence-corrected chi connectivity index (χ0v) is 13.8. The van der Waals surface area contributed by atoms with E-state index in [2.05, 4.69) is 20.4 Å². The van der Waals surface area contributed by atoms with Crippen LogP contribution in [0.3, 0.4) is 0 Å². The second-order valence-electron chi connectivity index (χ2n) is 6.22. The number of carboxylic acids is 1. The SMILES string of the molecule is O=C(CCc1nc(-c2ccccn2)no1)NC1(C(=O)O)CCCCC1. The van der Waals surface area contributed by atoms with Gasteiger partial charge in [0.2, 0.25) is 17.6 Å². The number of rotatable bonds is 6. The van der Waals surface area contributed by atoms with Crippen molar-refractivity contribution >= 4 is 11.9 Å². The zero-order chi connectivity index (χ0) is 17.7. The van der Waals surface area contributed by atoms with E-state index in [1.165, 1.54) is 0 Å². The van der Waals surface area contributed by atoms with E-state index in [1.807, 2.05) is 6.07 Å². The van der Waals surface area contributed by atoms with Crippen LogP contribution in [-0.2, 0) is 16.0 Å². The Hall–Kier alpha value is -2.77. The molecule has 132 valence electrons. The van der Waals surface area contributed by atoms with Gasteiger partial charge in [-0.2, -0.15) is 4.98 Å². The predicted octanol–water partition coefficient (Wildman–Crippen LogP) is 1.97. The van der Waals surface area contributed by atoms with Crippen LogP contribution in [0.5, 0.6) is 0 Å². The van der Waals surface area contributed by atoms with Gasteiger partial charge >= 0.3 is 5.97 Å². The lowest BCUT2D eigenvalue weighted by Crippen LogP contribution is -2.55. The molecule has 2 heterocycles. The predicted molar refractivity (Wildman–Crippen MR) is 87.4 cm³/mol. The molecule has 2 aromatic rings. The fourth-order valence-electron chi connectivity index (χ4n) is 3.05. The molecule has 0 unspecified atom stereocenters. The molecular weight excluding hydrogens is 324 g/mol. The molecule has 0 spiro atoms. The summed E-state index contributed by atoms with van der Waals surface area (Å²) in [4.78, 5) is 32.1. The number of hydrogen-bond acceptors (Lipinski definition) is 6. The van der Waals surface area contributed by atoms with Crippen LogP contribution in [-0.4, -0.2) is 37.6 Å². The highest BCUT2D eigenvalue weighted by Gasteiger charge is 2.40. The van der Waals surface area contributed by atoms with Crippen LogP contribution in [0, 0.1) is 0 Å². The third-order valence-corrected chi connectivity index (χ3v) is 4.42. The van der Waals surface area contributed by atoms with Crippen LogP contribution >= 0.6 is 0 Å². The first kappa shape index (κ1) is 17.1. The Morgan fingerprint density at radius 1 is 1.24 bits per heavy atom. The molecule has 8 nitrogen and oxygen atoms in total. The van der Waals surface area contributed by atoms with Crippen LogP contribution < -0.4 is 5.32 Å². The molecule has 1 aliphatic rings. The summed E-state index contributed by atoms with van der Waals surface area (Å²) in [5.74, 6) is -0.591. The van der Waals surface area contributed by atoms with Crippen LogP contribution in [0.4, 0.5) is 0 Å². The standard InChI is InChI=1S/C17H20N4O4/c22-13(20-17(16(23)24)9-3-1-4-10-17)7-8-14-19-15(21-25-14)12-6-2-5-11-18-12/h2,5-6,11H,1,3-4,7-10H2,(H,20,22)(H,23,24). The van der Waals surface area contributed by atoms with E-state index in [-0.39, 0.29) is 18.7 Å². The fourth-order valence-corrected chi connectivity index (χ4v) is 3.05. The summed E-state index contributed by atoms with van der Waals surface area (Å²) in [6.07, 6.45) is 5.54. The molecule has 0 radical (unpaired) electrons. The Morgan fingerprint density at radius 3 is 2.72 bits per heavy atom. The second kappa shape index (κ2) is 7.42. The fraction of sp³-hybridized carbons (Fsp3) is 0.471. The average molecular weight is 344 g/mol. The Bertz CT molecular complexity index is 738. The number of carbonyl (C=O) groups is 2. The van der Waals surface area contributed by atoms with E-state index >= 15 is 0 Å². The number of carbonyl (C=O) groups excluding carboxylic acids is 1. The molecule has 1 saturated carbocycles. The molecule has 2 N–H and O–H groups in total. The van der Waals surface area contributed by atoms with Gasteiger partial charge in [0, 0.05) is 19.0 Å². The molecule has 8 heteroatoms. The van der Waals surface area contributed by atoms with Gasteiger partial charge in [0.1, 0.15) is 11.2 Å². The van der Waals surface area contributed by atoms with E-state index in [9.17, 15) is 14.7 Å². The molecule has 1 amide bonds. The molecule has 1 aliphatic carbocycles. The highest BCUT2D eigenvalue weighted by Crippen LogP contribution is 2.28. The topological polar surface area (TPSA) is 118 Å². The third kappa shape index (κ3) is 4.01. The molecule has 0 saturated heterocycles. The van der Waals surface area contributed by atoms with Gasteiger partial charge < -0.3 is 14.9 Å². The number of carboxylic acid groups (broad SMARTS) is 1. The molecule has 25 heavy (non-hydrogen) atoms. The van der Waals surface area contributed by atoms with Crippen LogP contribution in [0.25, 0.3) is 11.5 Å². The summed E-state index contributed by atoms with van der Waals surface area (Å²) in [6, 6.07) is 5.38. The van der Waals surface area contributed by atoms with Crippen molar-refractivity contribution in [3.8, 4) is 11.5 Å². The monoisotopic (exact) mass is 344 g/mol. The van der Waals surface area contributed by atoms with Crippen molar-refractivity contribution in [2.45, 2.75) is 50.5 Å². The third-order valence-electron chi connectivity index (χ3n) is 4.42. The van der Waals surface area contributed by atoms with Crippen molar-refractivity contribution in [1.82, 2.24) is 20.4 Å². The van der Waals surface area contributed by atoms with Crippen molar-refractivity contribution < 1.29 is 19.2 Å². The second-order valence-corrected chi connectivity index (χ2v) is 6.22. The van der Waals surface area contributed by atoms with Gasteiger partial charge in [0.25, 0.3) is 0 Å². The van der Waals surface area contributed by atoms with Crippen molar-refractivity contribution in [2.24, 2.45) is 0 Å². The lowest BCUT2D eigenvalue weighted by molar-refractivity contribution is -0.149. The highest BCUT2D eigenvalue weighted by molar-refractivity contribution is 5.87. The molecule has 1 fully saturated rings. The first-order chi connectivity index (χ1) is 12.1. The van der Waals surface area contributed by atoms with Gasteiger partial charge in [-0.25, -0.2) is 4.79 Å². The minimum absolute atomic E-state index is 0.0961. The number of aromatic nitrogens is 3. The number of hydrogen-bond donors (Lipinski definition) is 2. The quantitative estimate of drug-likeness (QED) is 0.822. The number of aliphatic carboxylic acids is 1. The van der Waals surface area contributed by atoms with Crippen LogP contribution in [0.1, 0.15) is 44.4 Å². The maximum Gasteiger partial charge on any atom is 0.329 e. The molecule has 0 aromatic carbocycles. The Kier molecular flexibility index (Phi) is 5.06. The smallest absolute Gasteiger partial charge is 0.329 e. The Morgan fingerprint density at radius 2 is 2.04 bits per heavy atom. The number of aryl methyl sites for hydroxylation is 1. The largest absolute Gasteiger partial charge is 0.480 e. The summed E-state index contributed by atoms with van der Waals surface area (Å²) >= 11 is 0. The number of amides is 1. The minimum atomic E-state index is -1.14. The van der Waals surface area contributed by atoms with Crippen molar-refractivity contribution in [1.29, 1.82) is 0 Å². The van der Waals surface area contributed by atoms with Crippen molar-refractivity contribution in [3.05, 3.63) is 30.3 Å². The van der Waals surface area contributed by atoms with E-state index in [0.29, 0.717) is 30.3 Å². The summed E-state index contributed by atoms with van der Waals surface area (Å²) in [6.45, 7) is 0. The first-order valence-corrected chi connectivity index (χ1v) is 8.37. The maximum absolute atomic E-state index is 12.2. The molecular formula is C17H20N4O4. The number of nitrogens with one attached hydrogen (secondary N) is 1. The Labute approximate surface area is 144 Å². The van der Waals surface area contributed by atoms with Crippen molar-refractivity contribution in [3.63, 3.8) is 0 Å². The molecule has 2 aromatic heterocycles. The average Bonchev–Trinajstić information content (AvgIpc) is 3.10. The van der Waals surface area contributed by atoms with E-state index < -0.39 is 11.5 Å². The van der Waals surface area contributed by atoms with Gasteiger partial charge in [0.05, 0.1) is 0 Å². The molecule has 0 atom stereocenters. The van der Waals surface area contributed by atoms with Gasteiger partial charge in [-0.1, -0.05) is 30.5 Å². The summed E-state index contributed by atoms with van der Waals surface area (Å²) < 4.78 is 5.13. The van der Waals surface area contributed by atoms with Crippen LogP contribution in [0.15, 0.2) is 28.9 Å². The highest BCUT2D eigenvalue weighted by atomic mass is 16.5. The molecule has 0 bridgehead atoms. The Balaban J connectivity index is 1.57. The summed E-state index contributed by atoms with van der Waals surface area (Å²) in [5, 5.41) is 16.0. The molecule has 3 rings (SSSR count). The van der Waals surface area contributed by atoms with Gasteiger partial charge in [-0.3, -0.25) is 9.78 Å². The number of pyridine rings is 1. The lowest BCUT2D eigenvalue weighted by Gasteiger charge is -2.33. The van der Waals surface area contributed by atoms with Crippen LogP contribution in [0.2, 0.25) is 0 Å². The summed E-state index contributed by atoms with van der Waals surface area (Å²) in [5.41, 5.74) is -0.544. The van der Waals surface area contributed by atoms with Crippen molar-refractivity contribution in [2.75, 3.05) is 0 Å².